The number of carbonyl (C=O) groups excluding carboxylic acids is 1. The second-order valence-corrected chi connectivity index (χ2v) is 7.66. The Kier molecular flexibility index (Phi) is 7.81. The van der Waals surface area contributed by atoms with Crippen molar-refractivity contribution in [2.75, 3.05) is 18.5 Å². The molecule has 0 aliphatic heterocycles. The maximum Gasteiger partial charge on any atom is 0.299 e. The number of rotatable bonds is 11. The molecule has 3 N–H and O–H groups in total. The van der Waals surface area contributed by atoms with E-state index in [-0.39, 0.29) is 30.8 Å². The molecule has 148 valence electrons. The number of nitro benzene ring substituents is 2. The number of primary amides is 1. The van der Waals surface area contributed by atoms with Crippen molar-refractivity contribution in [1.82, 2.24) is 0 Å². The summed E-state index contributed by atoms with van der Waals surface area (Å²) in [4.78, 5) is 31.0. The van der Waals surface area contributed by atoms with E-state index in [1.807, 2.05) is 0 Å². The van der Waals surface area contributed by atoms with Gasteiger partial charge in [0, 0.05) is 12.6 Å². The van der Waals surface area contributed by atoms with E-state index in [1.165, 1.54) is 0 Å². The smallest absolute Gasteiger partial charge is 0.299 e. The van der Waals surface area contributed by atoms with Crippen LogP contribution in [0.15, 0.2) is 24.1 Å². The topological polar surface area (TPSA) is 185 Å². The summed E-state index contributed by atoms with van der Waals surface area (Å²) in [5.74, 6) is -0.768. The van der Waals surface area contributed by atoms with E-state index in [2.05, 4.69) is 32.0 Å². The van der Waals surface area contributed by atoms with Gasteiger partial charge >= 0.3 is 0 Å². The first-order valence-corrected chi connectivity index (χ1v) is 9.52. The molecule has 27 heavy (non-hydrogen) atoms. The Morgan fingerprint density at radius 3 is 2.48 bits per heavy atom. The van der Waals surface area contributed by atoms with Crippen LogP contribution < -0.4 is 11.1 Å². The number of nitrogens with one attached hydrogen (secondary N) is 1. The van der Waals surface area contributed by atoms with Gasteiger partial charge in [-0.2, -0.15) is 8.42 Å². The van der Waals surface area contributed by atoms with E-state index in [4.69, 9.17) is 5.73 Å². The number of amides is 1. The third-order valence-electron chi connectivity index (χ3n) is 3.15. The lowest BCUT2D eigenvalue weighted by Crippen LogP contribution is -2.25. The zero-order valence-corrected chi connectivity index (χ0v) is 16.1. The first-order chi connectivity index (χ1) is 12.5. The lowest BCUT2D eigenvalue weighted by Gasteiger charge is -2.14. The van der Waals surface area contributed by atoms with Crippen molar-refractivity contribution in [2.24, 2.45) is 5.73 Å². The van der Waals surface area contributed by atoms with Crippen LogP contribution in [0.3, 0.4) is 0 Å². The molecule has 1 aromatic rings. The first kappa shape index (κ1) is 22.5. The van der Waals surface area contributed by atoms with Crippen molar-refractivity contribution in [3.63, 3.8) is 0 Å². The maximum atomic E-state index is 11.3. The molecule has 0 heterocycles. The van der Waals surface area contributed by atoms with Crippen LogP contribution in [0.4, 0.5) is 17.1 Å². The molecule has 1 aromatic carbocycles. The molecule has 1 atom stereocenters. The number of anilines is 1. The number of carbonyl (C=O) groups is 1. The largest absolute Gasteiger partial charge is 0.377 e. The summed E-state index contributed by atoms with van der Waals surface area (Å²) in [6.45, 7) is 2.50. The second-order valence-electron chi connectivity index (χ2n) is 5.00. The number of nitro groups is 2. The van der Waals surface area contributed by atoms with Crippen LogP contribution in [0, 0.1) is 20.2 Å². The molecule has 1 rings (SSSR count). The summed E-state index contributed by atoms with van der Waals surface area (Å²) >= 11 is 3.00. The van der Waals surface area contributed by atoms with Gasteiger partial charge in [-0.05, 0) is 12.0 Å². The van der Waals surface area contributed by atoms with Gasteiger partial charge in [-0.25, -0.2) is 0 Å². The average Bonchev–Trinajstić information content (AvgIpc) is 2.58. The molecule has 1 unspecified atom stereocenters. The quantitative estimate of drug-likeness (QED) is 0.159. The van der Waals surface area contributed by atoms with Gasteiger partial charge in [0.05, 0.1) is 32.8 Å². The Bertz CT molecular complexity index is 873. The Hall–Kier alpha value is -2.58. The molecule has 0 spiro atoms. The van der Waals surface area contributed by atoms with E-state index >= 15 is 0 Å². The monoisotopic (exact) mass is 466 g/mol. The molecular formula is C13H15BrN4O8S. The highest BCUT2D eigenvalue weighted by atomic mass is 79.9. The molecule has 0 aliphatic rings. The van der Waals surface area contributed by atoms with Crippen molar-refractivity contribution >= 4 is 49.0 Å². The van der Waals surface area contributed by atoms with Crippen LogP contribution in [0.5, 0.6) is 0 Å². The summed E-state index contributed by atoms with van der Waals surface area (Å²) in [6, 6.07) is 1.81. The predicted octanol–water partition coefficient (Wildman–Crippen LogP) is 1.20. The number of nitrogens with two attached hydrogens (primary N) is 1. The van der Waals surface area contributed by atoms with E-state index in [0.29, 0.717) is 5.41 Å². The summed E-state index contributed by atoms with van der Waals surface area (Å²) < 4.78 is 26.9. The van der Waals surface area contributed by atoms with Gasteiger partial charge in [-0.3, -0.25) is 29.2 Å². The number of benzene rings is 1. The highest BCUT2D eigenvalue weighted by molar-refractivity contribution is 9.10. The number of non-ortho nitro benzene ring substituents is 1. The van der Waals surface area contributed by atoms with E-state index < -0.39 is 42.1 Å². The van der Waals surface area contributed by atoms with Crippen molar-refractivity contribution in [3.05, 3.63) is 49.9 Å². The number of hydrogen-bond donors (Lipinski definition) is 2. The molecule has 0 fully saturated rings. The molecular weight excluding hydrogens is 452 g/mol. The highest BCUT2D eigenvalue weighted by Gasteiger charge is 2.26. The van der Waals surface area contributed by atoms with Crippen molar-refractivity contribution in [3.8, 4) is 0 Å². The van der Waals surface area contributed by atoms with Crippen LogP contribution in [0.25, 0.3) is 0 Å². The third-order valence-corrected chi connectivity index (χ3v) is 4.83. The maximum absolute atomic E-state index is 11.3. The Balaban J connectivity index is 3.23. The zero-order chi connectivity index (χ0) is 20.8. The third kappa shape index (κ3) is 6.58. The molecule has 0 aromatic heterocycles. The number of alkyl halides is 1. The fourth-order valence-electron chi connectivity index (χ4n) is 1.96. The second kappa shape index (κ2) is 9.38. The molecule has 0 radical (unpaired) electrons. The lowest BCUT2D eigenvalue weighted by molar-refractivity contribution is -0.393. The molecule has 12 nitrogen and oxygen atoms in total. The Labute approximate surface area is 161 Å². The number of hydrogen-bond acceptors (Lipinski definition) is 9. The first-order valence-electron chi connectivity index (χ1n) is 7.13. The normalized spacial score (nSPS) is 12.2. The van der Waals surface area contributed by atoms with Crippen molar-refractivity contribution in [2.45, 2.75) is 11.2 Å². The van der Waals surface area contributed by atoms with Gasteiger partial charge in [0.2, 0.25) is 5.91 Å². The lowest BCUT2D eigenvalue weighted by atomic mass is 10.0. The van der Waals surface area contributed by atoms with Gasteiger partial charge in [-0.1, -0.05) is 22.5 Å². The predicted molar refractivity (Wildman–Crippen MR) is 98.9 cm³/mol. The van der Waals surface area contributed by atoms with Crippen molar-refractivity contribution < 1.29 is 27.2 Å². The summed E-state index contributed by atoms with van der Waals surface area (Å²) in [6.07, 6.45) is -0.175. The van der Waals surface area contributed by atoms with E-state index in [0.717, 1.165) is 12.1 Å². The number of halogens is 1. The fourth-order valence-corrected chi connectivity index (χ4v) is 2.72. The Morgan fingerprint density at radius 1 is 1.37 bits per heavy atom. The van der Waals surface area contributed by atoms with Gasteiger partial charge in [0.25, 0.3) is 21.5 Å². The molecule has 0 saturated heterocycles. The van der Waals surface area contributed by atoms with Crippen LogP contribution >= 0.6 is 15.9 Å². The van der Waals surface area contributed by atoms with Crippen molar-refractivity contribution in [1.29, 1.82) is 0 Å². The minimum Gasteiger partial charge on any atom is -0.377 e. The summed E-state index contributed by atoms with van der Waals surface area (Å²) in [5.41, 5.74) is 3.94. The van der Waals surface area contributed by atoms with E-state index in [9.17, 15) is 33.4 Å². The molecule has 0 bridgehead atoms. The van der Waals surface area contributed by atoms with Crippen LogP contribution in [-0.4, -0.2) is 42.2 Å². The summed E-state index contributed by atoms with van der Waals surface area (Å²) in [7, 11) is -3.93. The van der Waals surface area contributed by atoms with Crippen LogP contribution in [-0.2, 0) is 25.5 Å². The molecule has 1 amide bonds. The standard InChI is InChI=1S/C13H15BrN4O8S/c1-2-27(24,25)26-4-3-16-12-8(6-10(14)13(15)19)5-9(17(20)21)7-11(12)18(22)23/h2,5,7,10,16H,1,3-4,6H2,(H2,15,19). The van der Waals surface area contributed by atoms with E-state index in [1.54, 1.807) is 0 Å². The van der Waals surface area contributed by atoms with Crippen LogP contribution in [0.1, 0.15) is 5.56 Å². The SMILES string of the molecule is C=CS(=O)(=O)OCCNc1c(CC(Br)C(N)=O)cc([N+](=O)[O-])cc1[N+](=O)[O-]. The minimum absolute atomic E-state index is 0.0724. The fraction of sp³-hybridized carbons (Fsp3) is 0.308. The highest BCUT2D eigenvalue weighted by Crippen LogP contribution is 2.34. The average molecular weight is 467 g/mol. The molecule has 14 heteroatoms. The van der Waals surface area contributed by atoms with Gasteiger partial charge in [-0.15, -0.1) is 0 Å². The minimum atomic E-state index is -3.93. The summed E-state index contributed by atoms with van der Waals surface area (Å²) in [5, 5.41) is 25.5. The van der Waals surface area contributed by atoms with Crippen LogP contribution in [0.2, 0.25) is 0 Å². The Morgan fingerprint density at radius 2 is 2.00 bits per heavy atom. The van der Waals surface area contributed by atoms with Gasteiger partial charge in [0.15, 0.2) is 0 Å². The zero-order valence-electron chi connectivity index (χ0n) is 13.7. The van der Waals surface area contributed by atoms with Gasteiger partial charge < -0.3 is 11.1 Å². The molecule has 0 saturated carbocycles. The molecule has 0 aliphatic carbocycles. The van der Waals surface area contributed by atoms with Gasteiger partial charge in [0.1, 0.15) is 5.69 Å². The number of nitrogens with zero attached hydrogens (tertiary/aromatic N) is 2.